The summed E-state index contributed by atoms with van der Waals surface area (Å²) >= 11 is 2.60. The number of nitrogens with zero attached hydrogens (tertiary/aromatic N) is 2. The van der Waals surface area contributed by atoms with Crippen LogP contribution in [0.4, 0.5) is 13.2 Å². The lowest BCUT2D eigenvalue weighted by molar-refractivity contribution is 0.0695. The van der Waals surface area contributed by atoms with Gasteiger partial charge in [-0.2, -0.15) is 0 Å². The van der Waals surface area contributed by atoms with Crippen LogP contribution in [0.1, 0.15) is 21.6 Å². The topological polar surface area (TPSA) is 73.6 Å². The molecular weight excluding hydrogens is 525 g/mol. The van der Waals surface area contributed by atoms with E-state index in [1.807, 2.05) is 12.1 Å². The van der Waals surface area contributed by atoms with Gasteiger partial charge in [0.25, 0.3) is 0 Å². The molecule has 4 rings (SSSR count). The number of aromatic nitrogens is 2. The molecule has 0 spiro atoms. The normalized spacial score (nSPS) is 10.9. The number of aromatic carboxylic acids is 1. The lowest BCUT2D eigenvalue weighted by Crippen LogP contribution is -2.04. The SMILES string of the molecule is COc1ccc(SCc2cnc(SCc3c(F)cc(C(=O)O)cc3F)n2-c2ccc(F)cc2)cc1OC. The van der Waals surface area contributed by atoms with E-state index in [1.54, 1.807) is 43.2 Å². The molecule has 1 heterocycles. The molecule has 1 aromatic heterocycles. The summed E-state index contributed by atoms with van der Waals surface area (Å²) in [5.74, 6) is -2.16. The average molecular weight is 547 g/mol. The number of ether oxygens (including phenoxy) is 2. The Balaban J connectivity index is 1.61. The van der Waals surface area contributed by atoms with Crippen molar-refractivity contribution < 1.29 is 32.5 Å². The summed E-state index contributed by atoms with van der Waals surface area (Å²) in [6.07, 6.45) is 1.65. The second-order valence-corrected chi connectivity index (χ2v) is 9.65. The van der Waals surface area contributed by atoms with Crippen molar-refractivity contribution in [3.05, 3.63) is 95.1 Å². The third-order valence-electron chi connectivity index (χ3n) is 5.36. The van der Waals surface area contributed by atoms with E-state index in [0.29, 0.717) is 28.1 Å². The number of thioether (sulfide) groups is 2. The second kappa shape index (κ2) is 11.7. The standard InChI is InChI=1S/C26H21F3N2O4S2/c1-34-23-8-7-19(11-24(23)35-2)36-13-18-12-30-26(31(18)17-5-3-16(27)4-6-17)37-14-20-21(28)9-15(25(32)33)10-22(20)29/h3-12H,13-14H2,1-2H3,(H,32,33). The van der Waals surface area contributed by atoms with Gasteiger partial charge in [0.2, 0.25) is 0 Å². The molecular formula is C26H21F3N2O4S2. The summed E-state index contributed by atoms with van der Waals surface area (Å²) in [5.41, 5.74) is 0.679. The smallest absolute Gasteiger partial charge is 0.335 e. The van der Waals surface area contributed by atoms with Gasteiger partial charge in [-0.15, -0.1) is 11.8 Å². The first kappa shape index (κ1) is 26.5. The van der Waals surface area contributed by atoms with Gasteiger partial charge in [-0.05, 0) is 54.6 Å². The van der Waals surface area contributed by atoms with Crippen LogP contribution in [0.3, 0.4) is 0 Å². The van der Waals surface area contributed by atoms with Gasteiger partial charge in [0, 0.05) is 27.7 Å². The lowest BCUT2D eigenvalue weighted by Gasteiger charge is -2.13. The number of benzene rings is 3. The molecule has 4 aromatic rings. The monoisotopic (exact) mass is 546 g/mol. The van der Waals surface area contributed by atoms with Crippen molar-refractivity contribution in [2.45, 2.75) is 21.6 Å². The number of rotatable bonds is 10. The van der Waals surface area contributed by atoms with E-state index in [9.17, 15) is 18.0 Å². The van der Waals surface area contributed by atoms with Gasteiger partial charge in [-0.25, -0.2) is 22.9 Å². The fraction of sp³-hybridized carbons (Fsp3) is 0.154. The van der Waals surface area contributed by atoms with Crippen LogP contribution in [0.15, 0.2) is 70.8 Å². The number of halogens is 3. The minimum absolute atomic E-state index is 0.127. The number of imidazole rings is 1. The Bertz CT molecular complexity index is 1410. The fourth-order valence-electron chi connectivity index (χ4n) is 3.50. The Hall–Kier alpha value is -3.57. The van der Waals surface area contributed by atoms with Gasteiger partial charge in [0.05, 0.1) is 31.7 Å². The highest BCUT2D eigenvalue weighted by Gasteiger charge is 2.18. The van der Waals surface area contributed by atoms with Crippen LogP contribution < -0.4 is 9.47 Å². The van der Waals surface area contributed by atoms with E-state index < -0.39 is 29.0 Å². The first-order valence-electron chi connectivity index (χ1n) is 10.8. The zero-order valence-electron chi connectivity index (χ0n) is 19.7. The molecule has 0 saturated heterocycles. The van der Waals surface area contributed by atoms with Crippen molar-refractivity contribution in [1.29, 1.82) is 0 Å². The third-order valence-corrected chi connectivity index (χ3v) is 7.37. The maximum atomic E-state index is 14.5. The van der Waals surface area contributed by atoms with Crippen molar-refractivity contribution in [2.75, 3.05) is 14.2 Å². The molecule has 11 heteroatoms. The largest absolute Gasteiger partial charge is 0.493 e. The summed E-state index contributed by atoms with van der Waals surface area (Å²) < 4.78 is 55.0. The Labute approximate surface area is 219 Å². The molecule has 192 valence electrons. The summed E-state index contributed by atoms with van der Waals surface area (Å²) in [4.78, 5) is 16.4. The molecule has 0 amide bonds. The molecule has 0 unspecified atom stereocenters. The van der Waals surface area contributed by atoms with Crippen LogP contribution in [0, 0.1) is 17.5 Å². The molecule has 37 heavy (non-hydrogen) atoms. The molecule has 0 atom stereocenters. The quantitative estimate of drug-likeness (QED) is 0.225. The van der Waals surface area contributed by atoms with E-state index in [0.717, 1.165) is 34.5 Å². The predicted molar refractivity (Wildman–Crippen MR) is 136 cm³/mol. The van der Waals surface area contributed by atoms with Gasteiger partial charge in [-0.1, -0.05) is 11.8 Å². The zero-order valence-corrected chi connectivity index (χ0v) is 21.3. The summed E-state index contributed by atoms with van der Waals surface area (Å²) in [7, 11) is 3.11. The number of hydrogen-bond donors (Lipinski definition) is 1. The van der Waals surface area contributed by atoms with Gasteiger partial charge in [0.15, 0.2) is 16.7 Å². The van der Waals surface area contributed by atoms with Crippen LogP contribution in [-0.2, 0) is 11.5 Å². The van der Waals surface area contributed by atoms with Gasteiger partial charge < -0.3 is 14.6 Å². The number of carbonyl (C=O) groups is 1. The van der Waals surface area contributed by atoms with Gasteiger partial charge in [0.1, 0.15) is 17.5 Å². The third kappa shape index (κ3) is 6.05. The molecule has 3 aromatic carbocycles. The molecule has 0 fully saturated rings. The highest BCUT2D eigenvalue weighted by Crippen LogP contribution is 2.35. The van der Waals surface area contributed by atoms with E-state index >= 15 is 0 Å². The maximum Gasteiger partial charge on any atom is 0.335 e. The average Bonchev–Trinajstić information content (AvgIpc) is 3.29. The molecule has 0 radical (unpaired) electrons. The Kier molecular flexibility index (Phi) is 8.34. The molecule has 0 bridgehead atoms. The second-order valence-electron chi connectivity index (χ2n) is 7.66. The molecule has 6 nitrogen and oxygen atoms in total. The Morgan fingerprint density at radius 3 is 2.22 bits per heavy atom. The zero-order chi connectivity index (χ0) is 26.5. The highest BCUT2D eigenvalue weighted by atomic mass is 32.2. The van der Waals surface area contributed by atoms with E-state index in [2.05, 4.69) is 4.98 Å². The van der Waals surface area contributed by atoms with Crippen LogP contribution >= 0.6 is 23.5 Å². The van der Waals surface area contributed by atoms with Crippen molar-refractivity contribution in [1.82, 2.24) is 9.55 Å². The first-order valence-corrected chi connectivity index (χ1v) is 12.8. The molecule has 0 aliphatic carbocycles. The summed E-state index contributed by atoms with van der Waals surface area (Å²) in [6, 6.07) is 13.0. The maximum absolute atomic E-state index is 14.5. The Morgan fingerprint density at radius 1 is 0.919 bits per heavy atom. The van der Waals surface area contributed by atoms with Crippen LogP contribution in [0.5, 0.6) is 11.5 Å². The van der Waals surface area contributed by atoms with Crippen molar-refractivity contribution in [2.24, 2.45) is 0 Å². The van der Waals surface area contributed by atoms with Gasteiger partial charge >= 0.3 is 5.97 Å². The van der Waals surface area contributed by atoms with E-state index in [4.69, 9.17) is 14.6 Å². The lowest BCUT2D eigenvalue weighted by atomic mass is 10.1. The number of hydrogen-bond acceptors (Lipinski definition) is 6. The van der Waals surface area contributed by atoms with Crippen LogP contribution in [-0.4, -0.2) is 34.8 Å². The van der Waals surface area contributed by atoms with Crippen molar-refractivity contribution in [3.63, 3.8) is 0 Å². The highest BCUT2D eigenvalue weighted by molar-refractivity contribution is 7.98. The Morgan fingerprint density at radius 2 is 1.59 bits per heavy atom. The van der Waals surface area contributed by atoms with E-state index in [-0.39, 0.29) is 11.3 Å². The van der Waals surface area contributed by atoms with Crippen molar-refractivity contribution in [3.8, 4) is 17.2 Å². The number of methoxy groups -OCH3 is 2. The minimum Gasteiger partial charge on any atom is -0.493 e. The van der Waals surface area contributed by atoms with E-state index in [1.165, 1.54) is 23.9 Å². The minimum atomic E-state index is -1.42. The van der Waals surface area contributed by atoms with Crippen LogP contribution in [0.25, 0.3) is 5.69 Å². The molecule has 1 N–H and O–H groups in total. The first-order chi connectivity index (χ1) is 17.8. The number of carboxylic acids is 1. The fourth-order valence-corrected chi connectivity index (χ4v) is 5.40. The summed E-state index contributed by atoms with van der Waals surface area (Å²) in [5, 5.41) is 9.45. The van der Waals surface area contributed by atoms with Crippen molar-refractivity contribution >= 4 is 29.5 Å². The molecule has 0 aliphatic rings. The predicted octanol–water partition coefficient (Wildman–Crippen LogP) is 6.59. The number of carboxylic acid groups (broad SMARTS) is 1. The van der Waals surface area contributed by atoms with Crippen LogP contribution in [0.2, 0.25) is 0 Å². The molecule has 0 aliphatic heterocycles. The van der Waals surface area contributed by atoms with Gasteiger partial charge in [-0.3, -0.25) is 4.57 Å². The molecule has 0 saturated carbocycles. The summed E-state index contributed by atoms with van der Waals surface area (Å²) in [6.45, 7) is 0.